The van der Waals surface area contributed by atoms with E-state index in [1.807, 2.05) is 0 Å². The standard InChI is InChI=1S/C10H11N3O3S/c1-16-3-2-11-9-8-7(12-5-13-9)6(4-17-8)10(14)15/h4-5H,2-3H2,1H3,(H,14,15)(H,11,12,13). The summed E-state index contributed by atoms with van der Waals surface area (Å²) in [5.74, 6) is -0.331. The van der Waals surface area contributed by atoms with Crippen LogP contribution in [0.2, 0.25) is 0 Å². The molecule has 2 heterocycles. The number of aromatic carboxylic acids is 1. The Balaban J connectivity index is 2.34. The summed E-state index contributed by atoms with van der Waals surface area (Å²) < 4.78 is 5.67. The first-order chi connectivity index (χ1) is 8.24. The van der Waals surface area contributed by atoms with Crippen molar-refractivity contribution in [1.82, 2.24) is 9.97 Å². The van der Waals surface area contributed by atoms with Crippen LogP contribution in [0.5, 0.6) is 0 Å². The molecular formula is C10H11N3O3S. The van der Waals surface area contributed by atoms with Crippen molar-refractivity contribution in [2.45, 2.75) is 0 Å². The van der Waals surface area contributed by atoms with E-state index in [2.05, 4.69) is 15.3 Å². The van der Waals surface area contributed by atoms with E-state index in [9.17, 15) is 4.79 Å². The van der Waals surface area contributed by atoms with Crippen LogP contribution in [0.4, 0.5) is 5.82 Å². The van der Waals surface area contributed by atoms with Crippen molar-refractivity contribution in [2.24, 2.45) is 0 Å². The second-order valence-electron chi connectivity index (χ2n) is 3.27. The van der Waals surface area contributed by atoms with Gasteiger partial charge in [-0.2, -0.15) is 0 Å². The summed E-state index contributed by atoms with van der Waals surface area (Å²) in [6.07, 6.45) is 1.36. The lowest BCUT2D eigenvalue weighted by Crippen LogP contribution is -2.09. The lowest BCUT2D eigenvalue weighted by atomic mass is 10.3. The monoisotopic (exact) mass is 253 g/mol. The van der Waals surface area contributed by atoms with Gasteiger partial charge in [0.25, 0.3) is 0 Å². The van der Waals surface area contributed by atoms with Crippen molar-refractivity contribution >= 4 is 33.3 Å². The van der Waals surface area contributed by atoms with Crippen molar-refractivity contribution in [3.05, 3.63) is 17.3 Å². The number of fused-ring (bicyclic) bond motifs is 1. The van der Waals surface area contributed by atoms with Crippen LogP contribution in [0.3, 0.4) is 0 Å². The van der Waals surface area contributed by atoms with Gasteiger partial charge >= 0.3 is 5.97 Å². The molecule has 7 heteroatoms. The molecular weight excluding hydrogens is 242 g/mol. The molecule has 2 N–H and O–H groups in total. The van der Waals surface area contributed by atoms with Gasteiger partial charge in [0.05, 0.1) is 16.9 Å². The molecule has 0 radical (unpaired) electrons. The molecule has 0 spiro atoms. The molecule has 0 atom stereocenters. The second-order valence-corrected chi connectivity index (χ2v) is 4.15. The van der Waals surface area contributed by atoms with Crippen LogP contribution in [0.15, 0.2) is 11.7 Å². The topological polar surface area (TPSA) is 84.3 Å². The number of ether oxygens (including phenoxy) is 1. The fraction of sp³-hybridized carbons (Fsp3) is 0.300. The summed E-state index contributed by atoms with van der Waals surface area (Å²) in [5.41, 5.74) is 0.680. The van der Waals surface area contributed by atoms with E-state index in [0.717, 1.165) is 4.70 Å². The van der Waals surface area contributed by atoms with Crippen LogP contribution >= 0.6 is 11.3 Å². The SMILES string of the molecule is COCCNc1ncnc2c(C(=O)O)csc12. The van der Waals surface area contributed by atoms with Gasteiger partial charge in [-0.3, -0.25) is 0 Å². The zero-order valence-corrected chi connectivity index (χ0v) is 9.95. The predicted octanol–water partition coefficient (Wildman–Crippen LogP) is 1.45. The Morgan fingerprint density at radius 1 is 1.59 bits per heavy atom. The van der Waals surface area contributed by atoms with Gasteiger partial charge in [0.2, 0.25) is 0 Å². The Hall–Kier alpha value is -1.73. The van der Waals surface area contributed by atoms with Crippen LogP contribution < -0.4 is 5.32 Å². The highest BCUT2D eigenvalue weighted by Crippen LogP contribution is 2.28. The lowest BCUT2D eigenvalue weighted by Gasteiger charge is -2.04. The Morgan fingerprint density at radius 3 is 3.12 bits per heavy atom. The molecule has 0 fully saturated rings. The Morgan fingerprint density at radius 2 is 2.41 bits per heavy atom. The fourth-order valence-corrected chi connectivity index (χ4v) is 2.36. The molecule has 0 aromatic carbocycles. The zero-order chi connectivity index (χ0) is 12.3. The average molecular weight is 253 g/mol. The number of nitrogens with zero attached hydrogens (tertiary/aromatic N) is 2. The van der Waals surface area contributed by atoms with Gasteiger partial charge in [-0.05, 0) is 0 Å². The van der Waals surface area contributed by atoms with Crippen LogP contribution in [-0.2, 0) is 4.74 Å². The number of aromatic nitrogens is 2. The summed E-state index contributed by atoms with van der Waals surface area (Å²) >= 11 is 1.32. The maximum absolute atomic E-state index is 11.0. The first-order valence-corrected chi connectivity index (χ1v) is 5.80. The molecule has 0 saturated carbocycles. The van der Waals surface area contributed by atoms with Gasteiger partial charge in [-0.25, -0.2) is 14.8 Å². The van der Waals surface area contributed by atoms with Gasteiger partial charge < -0.3 is 15.2 Å². The molecule has 2 aromatic heterocycles. The Bertz CT molecular complexity index is 541. The molecule has 0 aliphatic heterocycles. The lowest BCUT2D eigenvalue weighted by molar-refractivity contribution is 0.0699. The molecule has 0 aliphatic rings. The van der Waals surface area contributed by atoms with E-state index in [1.54, 1.807) is 12.5 Å². The summed E-state index contributed by atoms with van der Waals surface area (Å²) in [4.78, 5) is 19.0. The number of carbonyl (C=O) groups is 1. The molecule has 0 unspecified atom stereocenters. The number of carboxylic acid groups (broad SMARTS) is 1. The third kappa shape index (κ3) is 2.34. The van der Waals surface area contributed by atoms with Crippen LogP contribution in [-0.4, -0.2) is 41.3 Å². The number of rotatable bonds is 5. The number of hydrogen-bond donors (Lipinski definition) is 2. The first kappa shape index (κ1) is 11.7. The maximum atomic E-state index is 11.0. The Kier molecular flexibility index (Phi) is 3.50. The molecule has 0 amide bonds. The molecule has 0 bridgehead atoms. The van der Waals surface area contributed by atoms with E-state index in [1.165, 1.54) is 17.7 Å². The Labute approximate surface area is 101 Å². The van der Waals surface area contributed by atoms with E-state index in [4.69, 9.17) is 9.84 Å². The predicted molar refractivity (Wildman–Crippen MR) is 64.7 cm³/mol. The van der Waals surface area contributed by atoms with Crippen molar-refractivity contribution < 1.29 is 14.6 Å². The number of thiophene rings is 1. The average Bonchev–Trinajstić information content (AvgIpc) is 2.74. The van der Waals surface area contributed by atoms with Crippen LogP contribution in [0.1, 0.15) is 10.4 Å². The highest BCUT2D eigenvalue weighted by molar-refractivity contribution is 7.18. The normalized spacial score (nSPS) is 10.6. The molecule has 90 valence electrons. The van der Waals surface area contributed by atoms with Crippen molar-refractivity contribution in [3.63, 3.8) is 0 Å². The van der Waals surface area contributed by atoms with Gasteiger partial charge in [-0.1, -0.05) is 0 Å². The number of nitrogens with one attached hydrogen (secondary N) is 1. The molecule has 2 aromatic rings. The van der Waals surface area contributed by atoms with E-state index < -0.39 is 5.97 Å². The number of methoxy groups -OCH3 is 1. The van der Waals surface area contributed by atoms with Crippen molar-refractivity contribution in [1.29, 1.82) is 0 Å². The number of hydrogen-bond acceptors (Lipinski definition) is 6. The van der Waals surface area contributed by atoms with Crippen LogP contribution in [0, 0.1) is 0 Å². The largest absolute Gasteiger partial charge is 0.478 e. The summed E-state index contributed by atoms with van der Waals surface area (Å²) in [6, 6.07) is 0. The van der Waals surface area contributed by atoms with E-state index in [0.29, 0.717) is 24.5 Å². The van der Waals surface area contributed by atoms with Crippen LogP contribution in [0.25, 0.3) is 10.2 Å². The van der Waals surface area contributed by atoms with Crippen molar-refractivity contribution in [2.75, 3.05) is 25.6 Å². The zero-order valence-electron chi connectivity index (χ0n) is 9.14. The third-order valence-corrected chi connectivity index (χ3v) is 3.16. The molecule has 17 heavy (non-hydrogen) atoms. The third-order valence-electron chi connectivity index (χ3n) is 2.18. The summed E-state index contributed by atoms with van der Waals surface area (Å²) in [5, 5.41) is 13.6. The van der Waals surface area contributed by atoms with Gasteiger partial charge in [-0.15, -0.1) is 11.3 Å². The molecule has 0 aliphatic carbocycles. The molecule has 0 saturated heterocycles. The van der Waals surface area contributed by atoms with E-state index >= 15 is 0 Å². The van der Waals surface area contributed by atoms with Gasteiger partial charge in [0.15, 0.2) is 0 Å². The minimum absolute atomic E-state index is 0.210. The summed E-state index contributed by atoms with van der Waals surface area (Å²) in [7, 11) is 1.62. The van der Waals surface area contributed by atoms with Gasteiger partial charge in [0.1, 0.15) is 17.7 Å². The van der Waals surface area contributed by atoms with Crippen molar-refractivity contribution in [3.8, 4) is 0 Å². The highest BCUT2D eigenvalue weighted by Gasteiger charge is 2.14. The first-order valence-electron chi connectivity index (χ1n) is 4.92. The smallest absolute Gasteiger partial charge is 0.338 e. The number of carboxylic acids is 1. The molecule has 6 nitrogen and oxygen atoms in total. The number of anilines is 1. The quantitative estimate of drug-likeness (QED) is 0.784. The summed E-state index contributed by atoms with van der Waals surface area (Å²) in [6.45, 7) is 1.17. The fourth-order valence-electron chi connectivity index (χ4n) is 1.40. The minimum Gasteiger partial charge on any atom is -0.478 e. The van der Waals surface area contributed by atoms with E-state index in [-0.39, 0.29) is 5.56 Å². The molecule has 2 rings (SSSR count). The highest BCUT2D eigenvalue weighted by atomic mass is 32.1. The van der Waals surface area contributed by atoms with Gasteiger partial charge in [0, 0.05) is 19.0 Å². The minimum atomic E-state index is -0.974. The second kappa shape index (κ2) is 5.07. The maximum Gasteiger partial charge on any atom is 0.338 e.